The van der Waals surface area contributed by atoms with Crippen molar-refractivity contribution < 1.29 is 9.53 Å². The van der Waals surface area contributed by atoms with Crippen molar-refractivity contribution in [3.63, 3.8) is 0 Å². The molecular formula is C21H29N5O2. The lowest BCUT2D eigenvalue weighted by Gasteiger charge is -2.35. The van der Waals surface area contributed by atoms with E-state index in [9.17, 15) is 4.79 Å². The fourth-order valence-electron chi connectivity index (χ4n) is 3.25. The smallest absolute Gasteiger partial charge is 0.321 e. The van der Waals surface area contributed by atoms with E-state index in [0.717, 1.165) is 41.7 Å². The Bertz CT molecular complexity index is 816. The summed E-state index contributed by atoms with van der Waals surface area (Å²) in [6.45, 7) is 9.47. The molecule has 2 aromatic rings. The van der Waals surface area contributed by atoms with Crippen molar-refractivity contribution in [1.82, 2.24) is 14.9 Å². The number of hydrogen-bond acceptors (Lipinski definition) is 5. The van der Waals surface area contributed by atoms with Crippen LogP contribution in [0.25, 0.3) is 0 Å². The van der Waals surface area contributed by atoms with Crippen molar-refractivity contribution in [3.05, 3.63) is 47.4 Å². The normalized spacial score (nSPS) is 14.5. The molecule has 7 nitrogen and oxygen atoms in total. The largest absolute Gasteiger partial charge is 0.380 e. The van der Waals surface area contributed by atoms with Crippen LogP contribution in [0.5, 0.6) is 0 Å². The first-order valence-corrected chi connectivity index (χ1v) is 9.71. The molecule has 0 atom stereocenters. The molecule has 2 heterocycles. The van der Waals surface area contributed by atoms with E-state index in [1.165, 1.54) is 0 Å². The molecule has 7 heteroatoms. The van der Waals surface area contributed by atoms with E-state index in [0.29, 0.717) is 19.7 Å². The van der Waals surface area contributed by atoms with Gasteiger partial charge in [0.2, 0.25) is 0 Å². The lowest BCUT2D eigenvalue weighted by molar-refractivity contribution is 0.185. The second kappa shape index (κ2) is 9.01. The Kier molecular flexibility index (Phi) is 6.46. The number of anilines is 2. The summed E-state index contributed by atoms with van der Waals surface area (Å²) in [5, 5.41) is 3.02. The molecule has 1 aliphatic heterocycles. The molecule has 1 aromatic heterocycles. The van der Waals surface area contributed by atoms with Crippen LogP contribution in [0.3, 0.4) is 0 Å². The summed E-state index contributed by atoms with van der Waals surface area (Å²) >= 11 is 0. The fourth-order valence-corrected chi connectivity index (χ4v) is 3.25. The summed E-state index contributed by atoms with van der Waals surface area (Å²) < 4.78 is 5.21. The van der Waals surface area contributed by atoms with Gasteiger partial charge in [0.05, 0.1) is 6.61 Å². The highest BCUT2D eigenvalue weighted by Gasteiger charge is 2.23. The maximum absolute atomic E-state index is 12.7. The first kappa shape index (κ1) is 20.1. The van der Waals surface area contributed by atoms with Crippen LogP contribution in [-0.2, 0) is 11.3 Å². The molecule has 0 saturated carbocycles. The number of urea groups is 1. The summed E-state index contributed by atoms with van der Waals surface area (Å²) in [5.74, 6) is 2.10. The molecule has 1 aliphatic rings. The van der Waals surface area contributed by atoms with Gasteiger partial charge >= 0.3 is 6.03 Å². The van der Waals surface area contributed by atoms with Gasteiger partial charge in [0, 0.05) is 62.2 Å². The van der Waals surface area contributed by atoms with Gasteiger partial charge in [0.25, 0.3) is 0 Å². The zero-order valence-corrected chi connectivity index (χ0v) is 17.1. The van der Waals surface area contributed by atoms with Gasteiger partial charge in [-0.2, -0.15) is 0 Å². The third kappa shape index (κ3) is 4.78. The van der Waals surface area contributed by atoms with E-state index in [1.54, 1.807) is 7.11 Å². The number of rotatable bonds is 5. The molecule has 1 fully saturated rings. The van der Waals surface area contributed by atoms with E-state index < -0.39 is 0 Å². The van der Waals surface area contributed by atoms with Gasteiger partial charge in [0.1, 0.15) is 11.6 Å². The number of aromatic nitrogens is 2. The molecule has 0 aliphatic carbocycles. The van der Waals surface area contributed by atoms with Crippen LogP contribution in [0, 0.1) is 6.92 Å². The number of methoxy groups -OCH3 is 1. The molecule has 0 bridgehead atoms. The van der Waals surface area contributed by atoms with E-state index in [1.807, 2.05) is 42.2 Å². The number of hydrogen-bond donors (Lipinski definition) is 1. The molecule has 1 saturated heterocycles. The number of ether oxygens (including phenoxy) is 1. The van der Waals surface area contributed by atoms with Gasteiger partial charge in [0.15, 0.2) is 0 Å². The second-order valence-corrected chi connectivity index (χ2v) is 7.37. The Labute approximate surface area is 166 Å². The summed E-state index contributed by atoms with van der Waals surface area (Å²) in [6.07, 6.45) is 0. The molecular weight excluding hydrogens is 354 g/mol. The van der Waals surface area contributed by atoms with Crippen LogP contribution in [0.2, 0.25) is 0 Å². The minimum absolute atomic E-state index is 0.0788. The quantitative estimate of drug-likeness (QED) is 0.857. The highest BCUT2D eigenvalue weighted by Crippen LogP contribution is 2.20. The zero-order valence-electron chi connectivity index (χ0n) is 17.1. The number of piperazine rings is 1. The van der Waals surface area contributed by atoms with E-state index in [2.05, 4.69) is 29.0 Å². The molecule has 0 unspecified atom stereocenters. The summed E-state index contributed by atoms with van der Waals surface area (Å²) in [4.78, 5) is 26.0. The van der Waals surface area contributed by atoms with Gasteiger partial charge in [-0.1, -0.05) is 32.0 Å². The number of carbonyl (C=O) groups excluding carboxylic acids is 1. The van der Waals surface area contributed by atoms with Crippen LogP contribution < -0.4 is 10.2 Å². The van der Waals surface area contributed by atoms with Crippen molar-refractivity contribution in [2.45, 2.75) is 33.3 Å². The standard InChI is InChI=1S/C21H29N5O2/c1-15(2)20-22-16(3)13-19(24-20)25-9-11-26(12-10-25)21(27)23-18-8-6-5-7-17(18)14-28-4/h5-8,13,15H,9-12,14H2,1-4H3,(H,23,27). The van der Waals surface area contributed by atoms with Gasteiger partial charge in [-0.15, -0.1) is 0 Å². The fraction of sp³-hybridized carbons (Fsp3) is 0.476. The average molecular weight is 383 g/mol. The summed E-state index contributed by atoms with van der Waals surface area (Å²) in [5.41, 5.74) is 2.74. The average Bonchev–Trinajstić information content (AvgIpc) is 2.69. The van der Waals surface area contributed by atoms with E-state index >= 15 is 0 Å². The van der Waals surface area contributed by atoms with Gasteiger partial charge in [-0.3, -0.25) is 0 Å². The number of aryl methyl sites for hydroxylation is 1. The number of carbonyl (C=O) groups is 1. The third-order valence-corrected chi connectivity index (χ3v) is 4.82. The second-order valence-electron chi connectivity index (χ2n) is 7.37. The van der Waals surface area contributed by atoms with Crippen molar-refractivity contribution in [2.24, 2.45) is 0 Å². The molecule has 0 spiro atoms. The monoisotopic (exact) mass is 383 g/mol. The van der Waals surface area contributed by atoms with Crippen molar-refractivity contribution >= 4 is 17.5 Å². The van der Waals surface area contributed by atoms with Crippen LogP contribution in [0.4, 0.5) is 16.3 Å². The minimum atomic E-state index is -0.0788. The minimum Gasteiger partial charge on any atom is -0.380 e. The first-order valence-electron chi connectivity index (χ1n) is 9.71. The lowest BCUT2D eigenvalue weighted by atomic mass is 10.2. The number of nitrogens with one attached hydrogen (secondary N) is 1. The Morgan fingerprint density at radius 3 is 2.57 bits per heavy atom. The zero-order chi connectivity index (χ0) is 20.1. The summed E-state index contributed by atoms with van der Waals surface area (Å²) in [7, 11) is 1.65. The van der Waals surface area contributed by atoms with Gasteiger partial charge < -0.3 is 19.9 Å². The number of benzene rings is 1. The maximum Gasteiger partial charge on any atom is 0.321 e. The molecule has 0 radical (unpaired) electrons. The highest BCUT2D eigenvalue weighted by atomic mass is 16.5. The van der Waals surface area contributed by atoms with Gasteiger partial charge in [-0.05, 0) is 13.0 Å². The van der Waals surface area contributed by atoms with Crippen molar-refractivity contribution in [1.29, 1.82) is 0 Å². The number of amides is 2. The Morgan fingerprint density at radius 1 is 1.18 bits per heavy atom. The Morgan fingerprint density at radius 2 is 1.89 bits per heavy atom. The molecule has 2 amide bonds. The molecule has 150 valence electrons. The van der Waals surface area contributed by atoms with Crippen molar-refractivity contribution in [3.8, 4) is 0 Å². The van der Waals surface area contributed by atoms with Crippen LogP contribution in [0.1, 0.15) is 36.8 Å². The predicted molar refractivity (Wildman–Crippen MR) is 111 cm³/mol. The van der Waals surface area contributed by atoms with E-state index in [-0.39, 0.29) is 11.9 Å². The van der Waals surface area contributed by atoms with Crippen LogP contribution in [-0.4, -0.2) is 54.2 Å². The Balaban J connectivity index is 1.62. The van der Waals surface area contributed by atoms with E-state index in [4.69, 9.17) is 9.72 Å². The number of nitrogens with zero attached hydrogens (tertiary/aromatic N) is 4. The third-order valence-electron chi connectivity index (χ3n) is 4.82. The number of para-hydroxylation sites is 1. The topological polar surface area (TPSA) is 70.6 Å². The van der Waals surface area contributed by atoms with Crippen molar-refractivity contribution in [2.75, 3.05) is 43.5 Å². The maximum atomic E-state index is 12.7. The lowest BCUT2D eigenvalue weighted by Crippen LogP contribution is -2.50. The SMILES string of the molecule is COCc1ccccc1NC(=O)N1CCN(c2cc(C)nc(C(C)C)n2)CC1. The molecule has 28 heavy (non-hydrogen) atoms. The van der Waals surface area contributed by atoms with Gasteiger partial charge in [-0.25, -0.2) is 14.8 Å². The summed E-state index contributed by atoms with van der Waals surface area (Å²) in [6, 6.07) is 9.65. The Hall–Kier alpha value is -2.67. The molecule has 1 N–H and O–H groups in total. The first-order chi connectivity index (χ1) is 13.5. The highest BCUT2D eigenvalue weighted by molar-refractivity contribution is 5.90. The predicted octanol–water partition coefficient (Wildman–Crippen LogP) is 3.41. The molecule has 3 rings (SSSR count). The van der Waals surface area contributed by atoms with Crippen LogP contribution >= 0.6 is 0 Å². The van der Waals surface area contributed by atoms with Crippen LogP contribution in [0.15, 0.2) is 30.3 Å². The molecule has 1 aromatic carbocycles.